The van der Waals surface area contributed by atoms with Gasteiger partial charge in [0.2, 0.25) is 5.91 Å². The van der Waals surface area contributed by atoms with E-state index in [1.807, 2.05) is 35.4 Å². The molecular formula is C19H21ClN2O. The molecule has 1 unspecified atom stereocenters. The molecule has 1 aromatic heterocycles. The molecule has 0 spiro atoms. The number of likely N-dealkylation sites (tertiary alicyclic amines) is 1. The molecule has 1 atom stereocenters. The number of rotatable bonds is 5. The van der Waals surface area contributed by atoms with Crippen LogP contribution in [0.5, 0.6) is 0 Å². The number of benzene rings is 1. The first-order chi connectivity index (χ1) is 11.2. The van der Waals surface area contributed by atoms with Crippen LogP contribution in [0, 0.1) is 5.92 Å². The quantitative estimate of drug-likeness (QED) is 0.837. The van der Waals surface area contributed by atoms with Crippen molar-refractivity contribution in [3.05, 3.63) is 64.9 Å². The van der Waals surface area contributed by atoms with Gasteiger partial charge < -0.3 is 4.90 Å². The predicted molar refractivity (Wildman–Crippen MR) is 92.4 cm³/mol. The summed E-state index contributed by atoms with van der Waals surface area (Å²) in [5, 5.41) is 0.771. The van der Waals surface area contributed by atoms with Crippen LogP contribution in [0.15, 0.2) is 48.8 Å². The molecule has 120 valence electrons. The first-order valence-corrected chi connectivity index (χ1v) is 8.49. The molecule has 0 radical (unpaired) electrons. The Kier molecular flexibility index (Phi) is 5.29. The summed E-state index contributed by atoms with van der Waals surface area (Å²) in [4.78, 5) is 18.5. The molecule has 0 aliphatic carbocycles. The van der Waals surface area contributed by atoms with Gasteiger partial charge in [-0.2, -0.15) is 0 Å². The Bertz CT molecular complexity index is 642. The number of halogens is 1. The highest BCUT2D eigenvalue weighted by atomic mass is 35.5. The lowest BCUT2D eigenvalue weighted by atomic mass is 9.99. The molecule has 1 aliphatic heterocycles. The van der Waals surface area contributed by atoms with Gasteiger partial charge >= 0.3 is 0 Å². The Hall–Kier alpha value is -1.87. The van der Waals surface area contributed by atoms with E-state index in [4.69, 9.17) is 11.6 Å². The molecule has 0 saturated carbocycles. The first kappa shape index (κ1) is 16.0. The maximum atomic E-state index is 12.3. The van der Waals surface area contributed by atoms with Gasteiger partial charge in [0.25, 0.3) is 0 Å². The third-order valence-electron chi connectivity index (χ3n) is 4.43. The van der Waals surface area contributed by atoms with Crippen LogP contribution in [-0.2, 0) is 17.6 Å². The minimum Gasteiger partial charge on any atom is -0.342 e. The van der Waals surface area contributed by atoms with Crippen LogP contribution in [0.3, 0.4) is 0 Å². The first-order valence-electron chi connectivity index (χ1n) is 8.12. The van der Waals surface area contributed by atoms with Gasteiger partial charge in [-0.15, -0.1) is 0 Å². The number of amides is 1. The number of carbonyl (C=O) groups excluding carboxylic acids is 1. The molecule has 1 fully saturated rings. The van der Waals surface area contributed by atoms with Crippen LogP contribution in [0.2, 0.25) is 5.02 Å². The fourth-order valence-electron chi connectivity index (χ4n) is 3.14. The largest absolute Gasteiger partial charge is 0.342 e. The van der Waals surface area contributed by atoms with Crippen molar-refractivity contribution < 1.29 is 4.79 Å². The summed E-state index contributed by atoms with van der Waals surface area (Å²) in [7, 11) is 0. The van der Waals surface area contributed by atoms with Crippen LogP contribution in [0.1, 0.15) is 24.0 Å². The van der Waals surface area contributed by atoms with Gasteiger partial charge in [-0.3, -0.25) is 9.78 Å². The number of aryl methyl sites for hydroxylation is 1. The van der Waals surface area contributed by atoms with Crippen molar-refractivity contribution in [2.45, 2.75) is 25.7 Å². The summed E-state index contributed by atoms with van der Waals surface area (Å²) in [6, 6.07) is 12.0. The molecule has 23 heavy (non-hydrogen) atoms. The predicted octanol–water partition coefficient (Wildman–Crippen LogP) is 3.76. The number of hydrogen-bond acceptors (Lipinski definition) is 2. The van der Waals surface area contributed by atoms with Gasteiger partial charge in [-0.1, -0.05) is 29.8 Å². The van der Waals surface area contributed by atoms with E-state index in [1.165, 1.54) is 5.56 Å². The number of pyridine rings is 1. The summed E-state index contributed by atoms with van der Waals surface area (Å²) in [5.74, 6) is 0.811. The molecule has 1 aliphatic rings. The second-order valence-electron chi connectivity index (χ2n) is 6.19. The molecule has 1 saturated heterocycles. The van der Waals surface area contributed by atoms with Crippen molar-refractivity contribution in [2.24, 2.45) is 5.92 Å². The molecule has 2 heterocycles. The third kappa shape index (κ3) is 4.55. The number of hydrogen-bond donors (Lipinski definition) is 0. The van der Waals surface area contributed by atoms with E-state index < -0.39 is 0 Å². The van der Waals surface area contributed by atoms with Gasteiger partial charge in [0.1, 0.15) is 0 Å². The Morgan fingerprint density at radius 2 is 2.04 bits per heavy atom. The van der Waals surface area contributed by atoms with Crippen LogP contribution in [-0.4, -0.2) is 28.9 Å². The molecule has 3 nitrogen and oxygen atoms in total. The topological polar surface area (TPSA) is 33.2 Å². The lowest BCUT2D eigenvalue weighted by molar-refractivity contribution is -0.130. The number of aromatic nitrogens is 1. The Morgan fingerprint density at radius 3 is 2.78 bits per heavy atom. The highest BCUT2D eigenvalue weighted by molar-refractivity contribution is 6.30. The average molecular weight is 329 g/mol. The van der Waals surface area contributed by atoms with Crippen molar-refractivity contribution in [1.29, 1.82) is 0 Å². The van der Waals surface area contributed by atoms with Crippen LogP contribution in [0.25, 0.3) is 0 Å². The standard InChI is InChI=1S/C19H21ClN2O/c20-18-6-3-15(4-7-18)12-17-9-11-22(14-17)19(23)8-5-16-2-1-10-21-13-16/h1-4,6-7,10,13,17H,5,8-9,11-12,14H2. The smallest absolute Gasteiger partial charge is 0.222 e. The molecule has 1 aromatic carbocycles. The van der Waals surface area contributed by atoms with Crippen LogP contribution < -0.4 is 0 Å². The van der Waals surface area contributed by atoms with Gasteiger partial charge in [0, 0.05) is 36.9 Å². The zero-order chi connectivity index (χ0) is 16.1. The molecular weight excluding hydrogens is 308 g/mol. The number of carbonyl (C=O) groups is 1. The van der Waals surface area contributed by atoms with Gasteiger partial charge in [0.05, 0.1) is 0 Å². The lowest BCUT2D eigenvalue weighted by Crippen LogP contribution is -2.29. The zero-order valence-corrected chi connectivity index (χ0v) is 13.9. The summed E-state index contributed by atoms with van der Waals surface area (Å²) in [6.45, 7) is 1.75. The van der Waals surface area contributed by atoms with Gasteiger partial charge in [-0.25, -0.2) is 0 Å². The van der Waals surface area contributed by atoms with Crippen LogP contribution >= 0.6 is 11.6 Å². The molecule has 0 bridgehead atoms. The molecule has 0 N–H and O–H groups in total. The highest BCUT2D eigenvalue weighted by Crippen LogP contribution is 2.22. The summed E-state index contributed by atoms with van der Waals surface area (Å²) < 4.78 is 0. The maximum absolute atomic E-state index is 12.3. The molecule has 2 aromatic rings. The van der Waals surface area contributed by atoms with Gasteiger partial charge in [0.15, 0.2) is 0 Å². The minimum atomic E-state index is 0.257. The Morgan fingerprint density at radius 1 is 1.22 bits per heavy atom. The normalized spacial score (nSPS) is 17.4. The molecule has 3 rings (SSSR count). The second kappa shape index (κ2) is 7.60. The molecule has 1 amide bonds. The minimum absolute atomic E-state index is 0.257. The summed E-state index contributed by atoms with van der Waals surface area (Å²) in [6.07, 6.45) is 7.03. The summed E-state index contributed by atoms with van der Waals surface area (Å²) in [5.41, 5.74) is 2.42. The van der Waals surface area contributed by atoms with Crippen LogP contribution in [0.4, 0.5) is 0 Å². The van der Waals surface area contributed by atoms with E-state index in [1.54, 1.807) is 6.20 Å². The Balaban J connectivity index is 1.47. The fraction of sp³-hybridized carbons (Fsp3) is 0.368. The lowest BCUT2D eigenvalue weighted by Gasteiger charge is -2.16. The second-order valence-corrected chi connectivity index (χ2v) is 6.62. The van der Waals surface area contributed by atoms with Gasteiger partial charge in [-0.05, 0) is 54.5 Å². The van der Waals surface area contributed by atoms with Crippen molar-refractivity contribution in [1.82, 2.24) is 9.88 Å². The summed E-state index contributed by atoms with van der Waals surface area (Å²) >= 11 is 5.92. The van der Waals surface area contributed by atoms with Crippen molar-refractivity contribution in [2.75, 3.05) is 13.1 Å². The maximum Gasteiger partial charge on any atom is 0.222 e. The average Bonchev–Trinajstić information content (AvgIpc) is 3.04. The fourth-order valence-corrected chi connectivity index (χ4v) is 3.26. The van der Waals surface area contributed by atoms with E-state index in [0.717, 1.165) is 42.9 Å². The monoisotopic (exact) mass is 328 g/mol. The highest BCUT2D eigenvalue weighted by Gasteiger charge is 2.25. The molecule has 4 heteroatoms. The SMILES string of the molecule is O=C(CCc1cccnc1)N1CCC(Cc2ccc(Cl)cc2)C1. The van der Waals surface area contributed by atoms with E-state index in [2.05, 4.69) is 17.1 Å². The third-order valence-corrected chi connectivity index (χ3v) is 4.68. The van der Waals surface area contributed by atoms with Crippen molar-refractivity contribution >= 4 is 17.5 Å². The Labute approximate surface area is 142 Å². The van der Waals surface area contributed by atoms with Crippen molar-refractivity contribution in [3.8, 4) is 0 Å². The number of nitrogens with zero attached hydrogens (tertiary/aromatic N) is 2. The van der Waals surface area contributed by atoms with E-state index in [-0.39, 0.29) is 5.91 Å². The zero-order valence-electron chi connectivity index (χ0n) is 13.1. The van der Waals surface area contributed by atoms with E-state index >= 15 is 0 Å². The van der Waals surface area contributed by atoms with E-state index in [0.29, 0.717) is 12.3 Å². The van der Waals surface area contributed by atoms with Crippen molar-refractivity contribution in [3.63, 3.8) is 0 Å². The van der Waals surface area contributed by atoms with E-state index in [9.17, 15) is 4.79 Å².